The van der Waals surface area contributed by atoms with Crippen LogP contribution in [0.4, 0.5) is 0 Å². The zero-order chi connectivity index (χ0) is 12.4. The summed E-state index contributed by atoms with van der Waals surface area (Å²) in [7, 11) is 1.58. The first-order valence-corrected chi connectivity index (χ1v) is 7.36. The molecule has 0 fully saturated rings. The van der Waals surface area contributed by atoms with E-state index in [0.29, 0.717) is 21.7 Å². The highest BCUT2D eigenvalue weighted by Crippen LogP contribution is 2.48. The maximum atomic E-state index is 6.32. The molecule has 0 spiro atoms. The Bertz CT molecular complexity index is 460. The maximum Gasteiger partial charge on any atom is 0.139 e. The van der Waals surface area contributed by atoms with Gasteiger partial charge in [0.05, 0.1) is 12.1 Å². The smallest absolute Gasteiger partial charge is 0.139 e. The van der Waals surface area contributed by atoms with E-state index < -0.39 is 0 Å². The molecule has 0 saturated carbocycles. The molecule has 17 heavy (non-hydrogen) atoms. The Kier molecular flexibility index (Phi) is 4.53. The predicted molar refractivity (Wildman–Crippen MR) is 77.7 cm³/mol. The van der Waals surface area contributed by atoms with Crippen LogP contribution in [0.5, 0.6) is 5.75 Å². The monoisotopic (exact) mass is 308 g/mol. The summed E-state index contributed by atoms with van der Waals surface area (Å²) < 4.78 is 5.20. The van der Waals surface area contributed by atoms with Crippen LogP contribution < -0.4 is 4.74 Å². The van der Waals surface area contributed by atoms with Crippen LogP contribution in [0.15, 0.2) is 11.5 Å². The molecule has 1 aliphatic heterocycles. The number of alkyl halides is 1. The lowest BCUT2D eigenvalue weighted by Gasteiger charge is -2.23. The second kappa shape index (κ2) is 5.75. The molecule has 0 bridgehead atoms. The molecule has 1 heterocycles. The van der Waals surface area contributed by atoms with Crippen LogP contribution in [0.3, 0.4) is 0 Å². The zero-order valence-electron chi connectivity index (χ0n) is 9.17. The summed E-state index contributed by atoms with van der Waals surface area (Å²) in [5.41, 5.74) is 2.12. The van der Waals surface area contributed by atoms with Gasteiger partial charge in [0, 0.05) is 11.1 Å². The summed E-state index contributed by atoms with van der Waals surface area (Å²) in [6, 6.07) is 1.92. The Labute approximate surface area is 120 Å². The average Bonchev–Trinajstić information content (AvgIpc) is 2.34. The lowest BCUT2D eigenvalue weighted by atomic mass is 10.0. The summed E-state index contributed by atoms with van der Waals surface area (Å²) in [6.07, 6.45) is 2.89. The van der Waals surface area contributed by atoms with Crippen LogP contribution in [0.1, 0.15) is 22.8 Å². The lowest BCUT2D eigenvalue weighted by Crippen LogP contribution is -2.03. The van der Waals surface area contributed by atoms with E-state index in [9.17, 15) is 0 Å². The Balaban J connectivity index is 2.55. The van der Waals surface area contributed by atoms with Crippen molar-refractivity contribution in [1.29, 1.82) is 0 Å². The van der Waals surface area contributed by atoms with Crippen molar-refractivity contribution >= 4 is 52.6 Å². The topological polar surface area (TPSA) is 9.23 Å². The number of hydrogen-bond donors (Lipinski definition) is 0. The quantitative estimate of drug-likeness (QED) is 0.692. The first-order valence-electron chi connectivity index (χ1n) is 5.13. The van der Waals surface area contributed by atoms with Gasteiger partial charge in [-0.05, 0) is 35.1 Å². The third-order valence-corrected chi connectivity index (χ3v) is 4.82. The van der Waals surface area contributed by atoms with E-state index in [1.165, 1.54) is 0 Å². The summed E-state index contributed by atoms with van der Waals surface area (Å²) in [6.45, 7) is 0. The molecule has 1 unspecified atom stereocenters. The van der Waals surface area contributed by atoms with Gasteiger partial charge in [0.25, 0.3) is 0 Å². The molecule has 92 valence electrons. The van der Waals surface area contributed by atoms with Gasteiger partial charge in [0.15, 0.2) is 0 Å². The number of benzene rings is 1. The number of methoxy groups -OCH3 is 1. The first-order chi connectivity index (χ1) is 8.19. The third kappa shape index (κ3) is 2.55. The number of thioether (sulfide) groups is 1. The Morgan fingerprint density at radius 1 is 1.35 bits per heavy atom. The van der Waals surface area contributed by atoms with Gasteiger partial charge in [-0.1, -0.05) is 23.2 Å². The zero-order valence-corrected chi connectivity index (χ0v) is 12.3. The molecular formula is C12H11Cl3OS. The van der Waals surface area contributed by atoms with Crippen molar-refractivity contribution in [1.82, 2.24) is 0 Å². The molecule has 1 aromatic rings. The van der Waals surface area contributed by atoms with Crippen LogP contribution in [-0.2, 0) is 0 Å². The van der Waals surface area contributed by atoms with E-state index in [1.807, 2.05) is 12.1 Å². The van der Waals surface area contributed by atoms with Crippen LogP contribution in [0.25, 0.3) is 6.08 Å². The highest BCUT2D eigenvalue weighted by molar-refractivity contribution is 8.02. The molecule has 1 atom stereocenters. The van der Waals surface area contributed by atoms with E-state index >= 15 is 0 Å². The predicted octanol–water partition coefficient (Wildman–Crippen LogP) is 5.39. The van der Waals surface area contributed by atoms with Gasteiger partial charge in [-0.25, -0.2) is 0 Å². The van der Waals surface area contributed by atoms with Crippen molar-refractivity contribution in [3.05, 3.63) is 32.6 Å². The molecular weight excluding hydrogens is 299 g/mol. The van der Waals surface area contributed by atoms with Crippen molar-refractivity contribution in [2.75, 3.05) is 13.0 Å². The van der Waals surface area contributed by atoms with Crippen LogP contribution in [-0.4, -0.2) is 13.0 Å². The SMILES string of the molecule is COc1cc2c(c(Cl)c1Cl)C(CCCl)SC=C2. The molecule has 1 nitrogen and oxygen atoms in total. The van der Waals surface area contributed by atoms with Crippen LogP contribution in [0.2, 0.25) is 10.0 Å². The second-order valence-electron chi connectivity index (χ2n) is 3.61. The van der Waals surface area contributed by atoms with E-state index in [-0.39, 0.29) is 5.25 Å². The highest BCUT2D eigenvalue weighted by Gasteiger charge is 2.24. The van der Waals surface area contributed by atoms with Crippen LogP contribution >= 0.6 is 46.6 Å². The van der Waals surface area contributed by atoms with Gasteiger partial charge in [-0.15, -0.1) is 23.4 Å². The number of hydrogen-bond acceptors (Lipinski definition) is 2. The van der Waals surface area contributed by atoms with Gasteiger partial charge < -0.3 is 4.74 Å². The van der Waals surface area contributed by atoms with E-state index in [1.54, 1.807) is 18.9 Å². The van der Waals surface area contributed by atoms with Crippen molar-refractivity contribution < 1.29 is 4.74 Å². The fraction of sp³-hybridized carbons (Fsp3) is 0.333. The molecule has 0 radical (unpaired) electrons. The van der Waals surface area contributed by atoms with Gasteiger partial charge in [-0.3, -0.25) is 0 Å². The molecule has 0 aliphatic carbocycles. The first kappa shape index (κ1) is 13.4. The minimum atomic E-state index is 0.267. The van der Waals surface area contributed by atoms with Gasteiger partial charge in [0.2, 0.25) is 0 Å². The number of ether oxygens (including phenoxy) is 1. The Morgan fingerprint density at radius 2 is 2.12 bits per heavy atom. The molecule has 0 N–H and O–H groups in total. The number of rotatable bonds is 3. The summed E-state index contributed by atoms with van der Waals surface area (Å²) in [5, 5.41) is 3.38. The molecule has 5 heteroatoms. The fourth-order valence-electron chi connectivity index (χ4n) is 1.84. The van der Waals surface area contributed by atoms with Crippen molar-refractivity contribution in [2.45, 2.75) is 11.7 Å². The molecule has 1 aromatic carbocycles. The molecule has 1 aliphatic rings. The third-order valence-electron chi connectivity index (χ3n) is 2.65. The number of halogens is 3. The van der Waals surface area contributed by atoms with Crippen molar-refractivity contribution in [3.63, 3.8) is 0 Å². The van der Waals surface area contributed by atoms with Crippen molar-refractivity contribution in [2.24, 2.45) is 0 Å². The largest absolute Gasteiger partial charge is 0.495 e. The normalized spacial score (nSPS) is 18.0. The second-order valence-corrected chi connectivity index (χ2v) is 5.86. The van der Waals surface area contributed by atoms with Gasteiger partial charge >= 0.3 is 0 Å². The van der Waals surface area contributed by atoms with Gasteiger partial charge in [0.1, 0.15) is 10.8 Å². The molecule has 0 aromatic heterocycles. The minimum absolute atomic E-state index is 0.267. The van der Waals surface area contributed by atoms with E-state index in [2.05, 4.69) is 5.41 Å². The molecule has 0 saturated heterocycles. The molecule has 0 amide bonds. The Hall–Kier alpha value is -0.0200. The maximum absolute atomic E-state index is 6.32. The van der Waals surface area contributed by atoms with E-state index in [0.717, 1.165) is 17.5 Å². The van der Waals surface area contributed by atoms with E-state index in [4.69, 9.17) is 39.5 Å². The number of fused-ring (bicyclic) bond motifs is 1. The summed E-state index contributed by atoms with van der Waals surface area (Å²) >= 11 is 20.0. The molecule has 2 rings (SSSR count). The minimum Gasteiger partial charge on any atom is -0.495 e. The van der Waals surface area contributed by atoms with Crippen molar-refractivity contribution in [3.8, 4) is 5.75 Å². The lowest BCUT2D eigenvalue weighted by molar-refractivity contribution is 0.415. The summed E-state index contributed by atoms with van der Waals surface area (Å²) in [5.74, 6) is 1.21. The Morgan fingerprint density at radius 3 is 2.76 bits per heavy atom. The van der Waals surface area contributed by atoms with Crippen LogP contribution in [0, 0.1) is 0 Å². The average molecular weight is 310 g/mol. The highest BCUT2D eigenvalue weighted by atomic mass is 35.5. The summed E-state index contributed by atoms with van der Waals surface area (Å²) in [4.78, 5) is 0. The van der Waals surface area contributed by atoms with Gasteiger partial charge in [-0.2, -0.15) is 0 Å². The fourth-order valence-corrected chi connectivity index (χ4v) is 3.87. The standard InChI is InChI=1S/C12H11Cl3OS/c1-16-8-6-7-3-5-17-9(2-4-13)10(7)12(15)11(8)14/h3,5-6,9H,2,4H2,1H3.